The van der Waals surface area contributed by atoms with Crippen molar-refractivity contribution >= 4 is 16.9 Å². The number of rotatable bonds is 3. The molecule has 0 aliphatic carbocycles. The Kier molecular flexibility index (Phi) is 4.21. The maximum atomic E-state index is 12.1. The number of amides is 1. The summed E-state index contributed by atoms with van der Waals surface area (Å²) in [6, 6.07) is 6.24. The zero-order chi connectivity index (χ0) is 15.7. The van der Waals surface area contributed by atoms with Gasteiger partial charge in [-0.25, -0.2) is 0 Å². The van der Waals surface area contributed by atoms with E-state index in [2.05, 4.69) is 36.2 Å². The third-order valence-electron chi connectivity index (χ3n) is 4.70. The molecule has 4 nitrogen and oxygen atoms in total. The van der Waals surface area contributed by atoms with Gasteiger partial charge in [0.15, 0.2) is 0 Å². The van der Waals surface area contributed by atoms with Gasteiger partial charge in [0, 0.05) is 12.4 Å². The third kappa shape index (κ3) is 2.75. The summed E-state index contributed by atoms with van der Waals surface area (Å²) >= 11 is 0. The molecule has 22 heavy (non-hydrogen) atoms. The van der Waals surface area contributed by atoms with Crippen LogP contribution in [0.15, 0.2) is 22.6 Å². The van der Waals surface area contributed by atoms with Crippen LogP contribution in [0.4, 0.5) is 0 Å². The SMILES string of the molecule is CNC(=O)[C@H]1CCCCN1Cc1oc2ccc(C)cc2c1C. The molecule has 1 aromatic heterocycles. The largest absolute Gasteiger partial charge is 0.459 e. The average Bonchev–Trinajstić information content (AvgIpc) is 2.83. The van der Waals surface area contributed by atoms with Crippen molar-refractivity contribution in [3.8, 4) is 0 Å². The molecule has 2 aromatic rings. The fourth-order valence-corrected chi connectivity index (χ4v) is 3.36. The number of carbonyl (C=O) groups is 1. The monoisotopic (exact) mass is 300 g/mol. The van der Waals surface area contributed by atoms with Crippen LogP contribution in [-0.4, -0.2) is 30.4 Å². The van der Waals surface area contributed by atoms with Crippen LogP contribution in [0.2, 0.25) is 0 Å². The standard InChI is InChI=1S/C18H24N2O2/c1-12-7-8-16-14(10-12)13(2)17(22-16)11-20-9-5-4-6-15(20)18(21)19-3/h7-8,10,15H,4-6,9,11H2,1-3H3,(H,19,21)/t15-/m1/s1. The van der Waals surface area contributed by atoms with Gasteiger partial charge in [0.25, 0.3) is 0 Å². The molecule has 0 radical (unpaired) electrons. The molecule has 3 rings (SSSR count). The number of nitrogens with zero attached hydrogens (tertiary/aromatic N) is 1. The van der Waals surface area contributed by atoms with Crippen LogP contribution in [0.3, 0.4) is 0 Å². The molecule has 0 bridgehead atoms. The van der Waals surface area contributed by atoms with Gasteiger partial charge in [-0.3, -0.25) is 9.69 Å². The van der Waals surface area contributed by atoms with E-state index in [9.17, 15) is 4.79 Å². The van der Waals surface area contributed by atoms with Crippen molar-refractivity contribution in [3.05, 3.63) is 35.1 Å². The molecule has 0 unspecified atom stereocenters. The summed E-state index contributed by atoms with van der Waals surface area (Å²) in [5.41, 5.74) is 3.37. The molecular weight excluding hydrogens is 276 g/mol. The summed E-state index contributed by atoms with van der Waals surface area (Å²) in [5, 5.41) is 3.97. The Balaban J connectivity index is 1.88. The zero-order valence-electron chi connectivity index (χ0n) is 13.6. The minimum atomic E-state index is -0.0342. The maximum Gasteiger partial charge on any atom is 0.237 e. The van der Waals surface area contributed by atoms with Gasteiger partial charge < -0.3 is 9.73 Å². The summed E-state index contributed by atoms with van der Waals surface area (Å²) in [5.74, 6) is 1.10. The van der Waals surface area contributed by atoms with E-state index in [0.29, 0.717) is 6.54 Å². The first kappa shape index (κ1) is 15.1. The first-order valence-electron chi connectivity index (χ1n) is 8.04. The van der Waals surface area contributed by atoms with Gasteiger partial charge in [-0.2, -0.15) is 0 Å². The third-order valence-corrected chi connectivity index (χ3v) is 4.70. The number of nitrogens with one attached hydrogen (secondary N) is 1. The number of hydrogen-bond donors (Lipinski definition) is 1. The molecule has 1 aromatic carbocycles. The molecule has 1 saturated heterocycles. The maximum absolute atomic E-state index is 12.1. The van der Waals surface area contributed by atoms with Gasteiger partial charge in [0.2, 0.25) is 5.91 Å². The fourth-order valence-electron chi connectivity index (χ4n) is 3.36. The Bertz CT molecular complexity index is 690. The molecule has 118 valence electrons. The lowest BCUT2D eigenvalue weighted by Gasteiger charge is -2.33. The number of piperidine rings is 1. The Labute approximate surface area is 131 Å². The minimum absolute atomic E-state index is 0.0342. The summed E-state index contributed by atoms with van der Waals surface area (Å²) in [7, 11) is 1.71. The number of fused-ring (bicyclic) bond motifs is 1. The van der Waals surface area contributed by atoms with E-state index in [0.717, 1.165) is 37.2 Å². The van der Waals surface area contributed by atoms with Crippen LogP contribution in [-0.2, 0) is 11.3 Å². The van der Waals surface area contributed by atoms with Crippen molar-refractivity contribution in [2.75, 3.05) is 13.6 Å². The van der Waals surface area contributed by atoms with Gasteiger partial charge in [0.1, 0.15) is 11.3 Å². The number of likely N-dealkylation sites (N-methyl/N-ethyl adjacent to an activating group) is 1. The second-order valence-corrected chi connectivity index (χ2v) is 6.25. The van der Waals surface area contributed by atoms with E-state index in [4.69, 9.17) is 4.42 Å². The van der Waals surface area contributed by atoms with E-state index >= 15 is 0 Å². The predicted octanol–water partition coefficient (Wildman–Crippen LogP) is 3.15. The highest BCUT2D eigenvalue weighted by atomic mass is 16.3. The molecule has 2 heterocycles. The molecule has 1 fully saturated rings. The van der Waals surface area contributed by atoms with Crippen LogP contribution < -0.4 is 5.32 Å². The Morgan fingerprint density at radius 3 is 2.95 bits per heavy atom. The van der Waals surface area contributed by atoms with Crippen LogP contribution in [0.5, 0.6) is 0 Å². The molecule has 0 spiro atoms. The highest BCUT2D eigenvalue weighted by Crippen LogP contribution is 2.29. The van der Waals surface area contributed by atoms with Crippen LogP contribution in [0.25, 0.3) is 11.0 Å². The van der Waals surface area contributed by atoms with Crippen molar-refractivity contribution in [1.29, 1.82) is 0 Å². The predicted molar refractivity (Wildman–Crippen MR) is 87.8 cm³/mol. The smallest absolute Gasteiger partial charge is 0.237 e. The van der Waals surface area contributed by atoms with E-state index < -0.39 is 0 Å². The van der Waals surface area contributed by atoms with Gasteiger partial charge in [0.05, 0.1) is 12.6 Å². The summed E-state index contributed by atoms with van der Waals surface area (Å²) < 4.78 is 6.04. The number of hydrogen-bond acceptors (Lipinski definition) is 3. The number of furan rings is 1. The number of likely N-dealkylation sites (tertiary alicyclic amines) is 1. The summed E-state index contributed by atoms with van der Waals surface area (Å²) in [4.78, 5) is 14.3. The van der Waals surface area contributed by atoms with Gasteiger partial charge >= 0.3 is 0 Å². The lowest BCUT2D eigenvalue weighted by atomic mass is 10.0. The van der Waals surface area contributed by atoms with Crippen molar-refractivity contribution in [2.45, 2.75) is 45.7 Å². The molecule has 1 aliphatic heterocycles. The molecule has 4 heteroatoms. The highest BCUT2D eigenvalue weighted by molar-refractivity contribution is 5.83. The van der Waals surface area contributed by atoms with Crippen LogP contribution in [0, 0.1) is 13.8 Å². The molecule has 0 saturated carbocycles. The summed E-state index contributed by atoms with van der Waals surface area (Å²) in [6.45, 7) is 5.86. The minimum Gasteiger partial charge on any atom is -0.459 e. The van der Waals surface area contributed by atoms with Crippen LogP contribution in [0.1, 0.15) is 36.1 Å². The van der Waals surface area contributed by atoms with Crippen molar-refractivity contribution in [2.24, 2.45) is 0 Å². The first-order chi connectivity index (χ1) is 10.6. The fraction of sp³-hybridized carbons (Fsp3) is 0.500. The number of benzene rings is 1. The van der Waals surface area contributed by atoms with Gasteiger partial charge in [-0.1, -0.05) is 18.1 Å². The number of carbonyl (C=O) groups excluding carboxylic acids is 1. The quantitative estimate of drug-likeness (QED) is 0.947. The van der Waals surface area contributed by atoms with E-state index in [1.165, 1.54) is 16.5 Å². The lowest BCUT2D eigenvalue weighted by Crippen LogP contribution is -2.48. The molecular formula is C18H24N2O2. The van der Waals surface area contributed by atoms with E-state index in [1.807, 2.05) is 6.07 Å². The van der Waals surface area contributed by atoms with Crippen molar-refractivity contribution < 1.29 is 9.21 Å². The Hall–Kier alpha value is -1.81. The van der Waals surface area contributed by atoms with Gasteiger partial charge in [-0.15, -0.1) is 0 Å². The highest BCUT2D eigenvalue weighted by Gasteiger charge is 2.29. The molecule has 1 aliphatic rings. The topological polar surface area (TPSA) is 45.5 Å². The average molecular weight is 300 g/mol. The zero-order valence-corrected chi connectivity index (χ0v) is 13.6. The van der Waals surface area contributed by atoms with Crippen molar-refractivity contribution in [3.63, 3.8) is 0 Å². The van der Waals surface area contributed by atoms with E-state index in [-0.39, 0.29) is 11.9 Å². The first-order valence-corrected chi connectivity index (χ1v) is 8.04. The second-order valence-electron chi connectivity index (χ2n) is 6.25. The molecule has 1 N–H and O–H groups in total. The second kappa shape index (κ2) is 6.13. The van der Waals surface area contributed by atoms with Crippen molar-refractivity contribution in [1.82, 2.24) is 10.2 Å². The van der Waals surface area contributed by atoms with Gasteiger partial charge in [-0.05, 0) is 50.9 Å². The normalized spacial score (nSPS) is 19.5. The Morgan fingerprint density at radius 2 is 2.18 bits per heavy atom. The lowest BCUT2D eigenvalue weighted by molar-refractivity contribution is -0.127. The van der Waals surface area contributed by atoms with E-state index in [1.54, 1.807) is 7.05 Å². The van der Waals surface area contributed by atoms with Crippen LogP contribution >= 0.6 is 0 Å². The molecule has 1 amide bonds. The molecule has 1 atom stereocenters. The summed E-state index contributed by atoms with van der Waals surface area (Å²) in [6.07, 6.45) is 3.19. The Morgan fingerprint density at radius 1 is 1.36 bits per heavy atom. The number of aryl methyl sites for hydroxylation is 2.